The van der Waals surface area contributed by atoms with E-state index in [9.17, 15) is 0 Å². The van der Waals surface area contributed by atoms with Crippen LogP contribution in [0.1, 0.15) is 10.0 Å². The first-order valence-electron chi connectivity index (χ1n) is 6.81. The number of para-hydroxylation sites is 2. The van der Waals surface area contributed by atoms with E-state index >= 15 is 0 Å². The Bertz CT molecular complexity index is 863. The number of benzene rings is 2. The molecule has 2 aromatic carbocycles. The Morgan fingerprint density at radius 1 is 0.864 bits per heavy atom. The molecular formula is C17H17IN2S2. The second-order valence-electron chi connectivity index (χ2n) is 4.85. The Balaban J connectivity index is 0.000000154. The highest BCUT2D eigenvalue weighted by atomic mass is 127. The van der Waals surface area contributed by atoms with E-state index in [2.05, 4.69) is 53.9 Å². The molecule has 0 unspecified atom stereocenters. The summed E-state index contributed by atoms with van der Waals surface area (Å²) < 4.78 is 4.87. The summed E-state index contributed by atoms with van der Waals surface area (Å²) >= 11 is 3.58. The van der Waals surface area contributed by atoms with E-state index in [0.717, 1.165) is 10.5 Å². The molecular weight excluding hydrogens is 423 g/mol. The lowest BCUT2D eigenvalue weighted by atomic mass is 10.3. The standard InChI is InChI=1S/C9H10NS.C8H7NS.HI/c1-7-10(2)8-5-3-4-6-9(8)11-7;1-6-9-7-4-2-3-5-8(7)10-6;/h3-6H,1-2H3;2-5H,1H3;1H/q+1;;/p-1. The summed E-state index contributed by atoms with van der Waals surface area (Å²) in [5, 5.41) is 2.49. The topological polar surface area (TPSA) is 16.8 Å². The highest BCUT2D eigenvalue weighted by Gasteiger charge is 2.10. The largest absolute Gasteiger partial charge is 1.00 e. The van der Waals surface area contributed by atoms with Gasteiger partial charge in [-0.1, -0.05) is 35.6 Å². The van der Waals surface area contributed by atoms with Gasteiger partial charge in [-0.15, -0.1) is 11.3 Å². The van der Waals surface area contributed by atoms with E-state index in [1.54, 1.807) is 11.3 Å². The molecule has 0 radical (unpaired) electrons. The Kier molecular flexibility index (Phi) is 5.88. The monoisotopic (exact) mass is 440 g/mol. The zero-order chi connectivity index (χ0) is 14.8. The van der Waals surface area contributed by atoms with Crippen molar-refractivity contribution in [1.29, 1.82) is 0 Å². The van der Waals surface area contributed by atoms with Crippen molar-refractivity contribution in [2.45, 2.75) is 13.8 Å². The molecule has 5 heteroatoms. The minimum absolute atomic E-state index is 0. The molecule has 4 rings (SSSR count). The van der Waals surface area contributed by atoms with Gasteiger partial charge in [-0.2, -0.15) is 4.57 Å². The number of fused-ring (bicyclic) bond motifs is 2. The van der Waals surface area contributed by atoms with Crippen LogP contribution in [0.2, 0.25) is 0 Å². The molecule has 0 spiro atoms. The molecule has 0 aliphatic rings. The summed E-state index contributed by atoms with van der Waals surface area (Å²) in [7, 11) is 2.11. The number of nitrogens with zero attached hydrogens (tertiary/aromatic N) is 2. The molecule has 114 valence electrons. The Hall–Kier alpha value is -1.05. The smallest absolute Gasteiger partial charge is 0.234 e. The van der Waals surface area contributed by atoms with Gasteiger partial charge in [0.25, 0.3) is 0 Å². The van der Waals surface area contributed by atoms with Gasteiger partial charge in [0.1, 0.15) is 11.7 Å². The fourth-order valence-corrected chi connectivity index (χ4v) is 4.04. The van der Waals surface area contributed by atoms with Crippen LogP contribution in [0.25, 0.3) is 20.4 Å². The molecule has 2 heterocycles. The van der Waals surface area contributed by atoms with Crippen LogP contribution in [0.3, 0.4) is 0 Å². The summed E-state index contributed by atoms with van der Waals surface area (Å²) in [5.41, 5.74) is 2.44. The van der Waals surface area contributed by atoms with Crippen molar-refractivity contribution >= 4 is 43.1 Å². The maximum atomic E-state index is 4.33. The van der Waals surface area contributed by atoms with Gasteiger partial charge in [0.2, 0.25) is 10.5 Å². The predicted octanol–water partition coefficient (Wildman–Crippen LogP) is 1.64. The summed E-state index contributed by atoms with van der Waals surface area (Å²) in [6.07, 6.45) is 0. The first kappa shape index (κ1) is 17.3. The van der Waals surface area contributed by atoms with Crippen LogP contribution in [-0.4, -0.2) is 4.98 Å². The first-order valence-corrected chi connectivity index (χ1v) is 8.45. The molecule has 0 bridgehead atoms. The van der Waals surface area contributed by atoms with Gasteiger partial charge in [-0.3, -0.25) is 0 Å². The van der Waals surface area contributed by atoms with Gasteiger partial charge < -0.3 is 24.0 Å². The molecule has 0 aliphatic carbocycles. The van der Waals surface area contributed by atoms with Crippen molar-refractivity contribution in [3.63, 3.8) is 0 Å². The van der Waals surface area contributed by atoms with Gasteiger partial charge in [0.15, 0.2) is 0 Å². The van der Waals surface area contributed by atoms with Crippen LogP contribution in [0.15, 0.2) is 48.5 Å². The highest BCUT2D eigenvalue weighted by molar-refractivity contribution is 7.18. The third kappa shape index (κ3) is 3.64. The number of aromatic nitrogens is 2. The van der Waals surface area contributed by atoms with Crippen molar-refractivity contribution in [1.82, 2.24) is 4.98 Å². The van der Waals surface area contributed by atoms with Crippen molar-refractivity contribution in [3.05, 3.63) is 58.5 Å². The zero-order valence-corrected chi connectivity index (χ0v) is 16.5. The number of rotatable bonds is 0. The average Bonchev–Trinajstić information content (AvgIpc) is 3.00. The van der Waals surface area contributed by atoms with Crippen LogP contribution >= 0.6 is 22.7 Å². The molecule has 0 fully saturated rings. The van der Waals surface area contributed by atoms with Crippen LogP contribution in [-0.2, 0) is 7.05 Å². The lowest BCUT2D eigenvalue weighted by Crippen LogP contribution is -3.00. The third-order valence-corrected chi connectivity index (χ3v) is 5.44. The fraction of sp³-hybridized carbons (Fsp3) is 0.176. The van der Waals surface area contributed by atoms with Crippen molar-refractivity contribution in [2.24, 2.45) is 7.05 Å². The predicted molar refractivity (Wildman–Crippen MR) is 92.1 cm³/mol. The molecule has 0 saturated heterocycles. The molecule has 0 atom stereocenters. The molecule has 0 saturated carbocycles. The van der Waals surface area contributed by atoms with Crippen LogP contribution in [0.4, 0.5) is 0 Å². The van der Waals surface area contributed by atoms with Crippen molar-refractivity contribution in [2.75, 3.05) is 0 Å². The van der Waals surface area contributed by atoms with Gasteiger partial charge in [0, 0.05) is 13.0 Å². The second kappa shape index (κ2) is 7.48. The van der Waals surface area contributed by atoms with Crippen LogP contribution in [0, 0.1) is 13.8 Å². The van der Waals surface area contributed by atoms with Gasteiger partial charge in [-0.05, 0) is 25.1 Å². The van der Waals surface area contributed by atoms with E-state index in [0.29, 0.717) is 0 Å². The molecule has 22 heavy (non-hydrogen) atoms. The number of halogens is 1. The Morgan fingerprint density at radius 2 is 1.50 bits per heavy atom. The van der Waals surface area contributed by atoms with E-state index in [1.165, 1.54) is 19.9 Å². The van der Waals surface area contributed by atoms with E-state index in [1.807, 2.05) is 36.5 Å². The van der Waals surface area contributed by atoms with Crippen molar-refractivity contribution in [3.8, 4) is 0 Å². The summed E-state index contributed by atoms with van der Waals surface area (Å²) in [6.45, 7) is 4.18. The SMILES string of the molecule is Cc1nc2ccccc2s1.Cc1sc2ccccc2[n+]1C.[I-]. The molecule has 0 N–H and O–H groups in total. The summed E-state index contributed by atoms with van der Waals surface area (Å²) in [4.78, 5) is 4.33. The minimum atomic E-state index is 0. The summed E-state index contributed by atoms with van der Waals surface area (Å²) in [6, 6.07) is 16.7. The molecule has 2 aromatic heterocycles. The number of thiazole rings is 2. The zero-order valence-electron chi connectivity index (χ0n) is 12.7. The Morgan fingerprint density at radius 3 is 2.18 bits per heavy atom. The van der Waals surface area contributed by atoms with E-state index in [4.69, 9.17) is 0 Å². The average molecular weight is 440 g/mol. The van der Waals surface area contributed by atoms with Crippen LogP contribution in [0.5, 0.6) is 0 Å². The van der Waals surface area contributed by atoms with Gasteiger partial charge in [-0.25, -0.2) is 4.98 Å². The quantitative estimate of drug-likeness (QED) is 0.300. The lowest BCUT2D eigenvalue weighted by Gasteiger charge is -1.82. The van der Waals surface area contributed by atoms with Gasteiger partial charge >= 0.3 is 0 Å². The Labute approximate surface area is 155 Å². The normalized spacial score (nSPS) is 10.1. The minimum Gasteiger partial charge on any atom is -1.00 e. The number of hydrogen-bond donors (Lipinski definition) is 0. The fourth-order valence-electron chi connectivity index (χ4n) is 2.21. The number of aryl methyl sites for hydroxylation is 3. The molecule has 2 nitrogen and oxygen atoms in total. The maximum absolute atomic E-state index is 4.33. The lowest BCUT2D eigenvalue weighted by molar-refractivity contribution is -0.646. The second-order valence-corrected chi connectivity index (χ2v) is 7.32. The van der Waals surface area contributed by atoms with Crippen LogP contribution < -0.4 is 28.5 Å². The first-order chi connectivity index (χ1) is 10.1. The highest BCUT2D eigenvalue weighted by Crippen LogP contribution is 2.20. The maximum Gasteiger partial charge on any atom is 0.234 e. The van der Waals surface area contributed by atoms with Crippen molar-refractivity contribution < 1.29 is 28.5 Å². The van der Waals surface area contributed by atoms with E-state index < -0.39 is 0 Å². The number of hydrogen-bond acceptors (Lipinski definition) is 3. The van der Waals surface area contributed by atoms with E-state index in [-0.39, 0.29) is 24.0 Å². The van der Waals surface area contributed by atoms with Gasteiger partial charge in [0.05, 0.1) is 15.2 Å². The molecule has 0 amide bonds. The molecule has 4 aromatic rings. The summed E-state index contributed by atoms with van der Waals surface area (Å²) in [5.74, 6) is 0. The third-order valence-electron chi connectivity index (χ3n) is 3.36. The molecule has 0 aliphatic heterocycles.